The number of halogens is 1. The van der Waals surface area contributed by atoms with Crippen molar-refractivity contribution < 1.29 is 18.1 Å². The van der Waals surface area contributed by atoms with Crippen LogP contribution in [-0.2, 0) is 20.4 Å². The van der Waals surface area contributed by atoms with Gasteiger partial charge in [-0.3, -0.25) is 10.1 Å². The van der Waals surface area contributed by atoms with E-state index >= 15 is 0 Å². The molecule has 1 saturated heterocycles. The highest BCUT2D eigenvalue weighted by atomic mass is 79.9. The average Bonchev–Trinajstić information content (AvgIpc) is 3.08. The molecule has 1 aliphatic heterocycles. The molecule has 8 nitrogen and oxygen atoms in total. The van der Waals surface area contributed by atoms with Gasteiger partial charge in [-0.15, -0.1) is 0 Å². The third-order valence-corrected chi connectivity index (χ3v) is 10.4. The van der Waals surface area contributed by atoms with Crippen molar-refractivity contribution in [1.29, 1.82) is 0 Å². The van der Waals surface area contributed by atoms with Crippen LogP contribution in [0.15, 0.2) is 149 Å². The number of rotatable bonds is 12. The molecule has 5 aromatic rings. The summed E-state index contributed by atoms with van der Waals surface area (Å²) in [4.78, 5) is 10.5. The fourth-order valence-electron chi connectivity index (χ4n) is 6.23. The maximum Gasteiger partial charge on any atom is 0.289 e. The molecule has 0 amide bonds. The van der Waals surface area contributed by atoms with Crippen molar-refractivity contribution in [2.45, 2.75) is 28.5 Å². The minimum Gasteiger partial charge on any atom is -0.359 e. The number of nitrogens with zero attached hydrogens (tertiary/aromatic N) is 1. The molecule has 10 heteroatoms. The number of hydrogen-bond donors (Lipinski definition) is 2. The van der Waals surface area contributed by atoms with Crippen LogP contribution in [0.3, 0.4) is 0 Å². The number of para-hydroxylation sites is 1. The lowest BCUT2D eigenvalue weighted by atomic mass is 9.77. The monoisotopic (exact) mass is 697 g/mol. The van der Waals surface area contributed by atoms with E-state index < -0.39 is 26.2 Å². The lowest BCUT2D eigenvalue weighted by Gasteiger charge is -2.48. The second-order valence-electron chi connectivity index (χ2n) is 11.1. The number of hydrogen-bond acceptors (Lipinski definition) is 6. The van der Waals surface area contributed by atoms with Gasteiger partial charge in [0.05, 0.1) is 11.5 Å². The van der Waals surface area contributed by atoms with E-state index in [1.54, 1.807) is 0 Å². The highest BCUT2D eigenvalue weighted by Crippen LogP contribution is 2.42. The normalized spacial score (nSPS) is 18.1. The van der Waals surface area contributed by atoms with Crippen LogP contribution in [0.5, 0.6) is 0 Å². The lowest BCUT2D eigenvalue weighted by molar-refractivity contribution is -0.387. The van der Waals surface area contributed by atoms with Crippen LogP contribution in [0.4, 0.5) is 5.69 Å². The molecule has 0 radical (unpaired) electrons. The van der Waals surface area contributed by atoms with E-state index in [4.69, 9.17) is 4.74 Å². The van der Waals surface area contributed by atoms with Crippen molar-refractivity contribution in [3.63, 3.8) is 0 Å². The summed E-state index contributed by atoms with van der Waals surface area (Å²) in [5.41, 5.74) is 2.61. The van der Waals surface area contributed by atoms with Gasteiger partial charge in [0.15, 0.2) is 4.90 Å². The molecule has 5 aromatic carbocycles. The van der Waals surface area contributed by atoms with Crippen molar-refractivity contribution in [3.8, 4) is 0 Å². The van der Waals surface area contributed by atoms with Gasteiger partial charge in [-0.25, -0.2) is 13.1 Å². The summed E-state index contributed by atoms with van der Waals surface area (Å²) >= 11 is 3.51. The van der Waals surface area contributed by atoms with Gasteiger partial charge in [0.2, 0.25) is 10.0 Å². The summed E-state index contributed by atoms with van der Waals surface area (Å²) in [5.74, 6) is -0.110. The molecule has 0 spiro atoms. The third kappa shape index (κ3) is 6.40. The first kappa shape index (κ1) is 31.8. The summed E-state index contributed by atoms with van der Waals surface area (Å²) in [6, 6.07) is 43.3. The van der Waals surface area contributed by atoms with E-state index in [2.05, 4.69) is 62.4 Å². The van der Waals surface area contributed by atoms with Gasteiger partial charge in [0.25, 0.3) is 5.69 Å². The van der Waals surface area contributed by atoms with Crippen LogP contribution in [0.1, 0.15) is 28.2 Å². The standard InChI is InChI=1S/C36H32BrN3O5S/c37-30-22-20-26(21-23-30)35-31(24-38-46(43,44)34-19-11-10-18-33(34)40(41)42)39-32(35)25-45-36(27-12-4-1-5-13-27,28-14-6-2-7-15-28)29-16-8-3-9-17-29/h1-23,31-32,35,38-39H,24-25H2/t31-,32-,35+/m1/s1. The maximum atomic E-state index is 13.2. The minimum atomic E-state index is -4.15. The predicted octanol–water partition coefficient (Wildman–Crippen LogP) is 6.77. The van der Waals surface area contributed by atoms with E-state index in [0.717, 1.165) is 26.7 Å². The molecule has 1 heterocycles. The second-order valence-corrected chi connectivity index (χ2v) is 13.8. The van der Waals surface area contributed by atoms with Crippen LogP contribution in [0, 0.1) is 10.1 Å². The SMILES string of the molecule is O=[N+]([O-])c1ccccc1S(=O)(=O)NC[C@H]1N[C@H](COC(c2ccccc2)(c2ccccc2)c2ccccc2)[C@H]1c1ccc(Br)cc1. The van der Waals surface area contributed by atoms with Crippen LogP contribution in [-0.4, -0.2) is 38.6 Å². The van der Waals surface area contributed by atoms with Crippen molar-refractivity contribution in [3.05, 3.63) is 176 Å². The summed E-state index contributed by atoms with van der Waals surface area (Å²) in [7, 11) is -4.15. The van der Waals surface area contributed by atoms with E-state index in [9.17, 15) is 18.5 Å². The Morgan fingerprint density at radius 2 is 1.24 bits per heavy atom. The zero-order valence-electron chi connectivity index (χ0n) is 24.7. The van der Waals surface area contributed by atoms with Crippen LogP contribution in [0.25, 0.3) is 0 Å². The molecule has 0 aromatic heterocycles. The van der Waals surface area contributed by atoms with E-state index in [1.165, 1.54) is 24.3 Å². The summed E-state index contributed by atoms with van der Waals surface area (Å²) in [6.07, 6.45) is 0. The Balaban J connectivity index is 1.30. The number of sulfonamides is 1. The van der Waals surface area contributed by atoms with Gasteiger partial charge < -0.3 is 10.1 Å². The zero-order valence-corrected chi connectivity index (χ0v) is 27.1. The Labute approximate surface area is 276 Å². The van der Waals surface area contributed by atoms with Crippen LogP contribution >= 0.6 is 15.9 Å². The first-order valence-electron chi connectivity index (χ1n) is 14.8. The van der Waals surface area contributed by atoms with E-state index in [-0.39, 0.29) is 29.4 Å². The first-order chi connectivity index (χ1) is 22.3. The number of nitrogens with one attached hydrogen (secondary N) is 2. The largest absolute Gasteiger partial charge is 0.359 e. The van der Waals surface area contributed by atoms with Crippen molar-refractivity contribution in [2.75, 3.05) is 13.2 Å². The molecule has 0 aliphatic carbocycles. The van der Waals surface area contributed by atoms with Crippen molar-refractivity contribution in [1.82, 2.24) is 10.0 Å². The molecule has 0 unspecified atom stereocenters. The van der Waals surface area contributed by atoms with Crippen LogP contribution < -0.4 is 10.0 Å². The Morgan fingerprint density at radius 1 is 0.739 bits per heavy atom. The molecule has 0 saturated carbocycles. The summed E-state index contributed by atoms with van der Waals surface area (Å²) in [5, 5.41) is 15.1. The van der Waals surface area contributed by atoms with Crippen molar-refractivity contribution in [2.24, 2.45) is 0 Å². The topological polar surface area (TPSA) is 111 Å². The predicted molar refractivity (Wildman–Crippen MR) is 181 cm³/mol. The highest BCUT2D eigenvalue weighted by molar-refractivity contribution is 9.10. The van der Waals surface area contributed by atoms with Gasteiger partial charge in [-0.05, 0) is 40.5 Å². The van der Waals surface area contributed by atoms with Gasteiger partial charge in [-0.1, -0.05) is 131 Å². The molecular formula is C36H32BrN3O5S. The number of ether oxygens (including phenoxy) is 1. The molecule has 2 N–H and O–H groups in total. The zero-order chi connectivity index (χ0) is 32.1. The Morgan fingerprint density at radius 3 is 1.76 bits per heavy atom. The van der Waals surface area contributed by atoms with Crippen LogP contribution in [0.2, 0.25) is 0 Å². The summed E-state index contributed by atoms with van der Waals surface area (Å²) < 4.78 is 37.1. The van der Waals surface area contributed by atoms with Gasteiger partial charge in [0, 0.05) is 35.1 Å². The van der Waals surface area contributed by atoms with E-state index in [1.807, 2.05) is 78.9 Å². The third-order valence-electron chi connectivity index (χ3n) is 8.42. The molecule has 3 atom stereocenters. The lowest BCUT2D eigenvalue weighted by Crippen LogP contribution is -2.65. The Kier molecular flexibility index (Phi) is 9.44. The number of benzene rings is 5. The molecule has 234 valence electrons. The summed E-state index contributed by atoms with van der Waals surface area (Å²) in [6.45, 7) is 0.347. The molecular weight excluding hydrogens is 666 g/mol. The molecule has 6 rings (SSSR count). The smallest absolute Gasteiger partial charge is 0.289 e. The molecule has 1 fully saturated rings. The quantitative estimate of drug-likeness (QED) is 0.0846. The molecule has 1 aliphatic rings. The highest BCUT2D eigenvalue weighted by Gasteiger charge is 2.45. The fraction of sp³-hybridized carbons (Fsp3) is 0.167. The Hall–Kier alpha value is -4.19. The number of nitro benzene ring substituents is 1. The minimum absolute atomic E-state index is 0.0345. The average molecular weight is 699 g/mol. The molecule has 46 heavy (non-hydrogen) atoms. The maximum absolute atomic E-state index is 13.2. The molecule has 0 bridgehead atoms. The fourth-order valence-corrected chi connectivity index (χ4v) is 7.72. The second kappa shape index (κ2) is 13.7. The first-order valence-corrected chi connectivity index (χ1v) is 17.1. The van der Waals surface area contributed by atoms with Gasteiger partial charge in [-0.2, -0.15) is 0 Å². The van der Waals surface area contributed by atoms with Crippen molar-refractivity contribution >= 4 is 31.6 Å². The number of nitro groups is 1. The van der Waals surface area contributed by atoms with Gasteiger partial charge in [0.1, 0.15) is 5.60 Å². The van der Waals surface area contributed by atoms with Gasteiger partial charge >= 0.3 is 0 Å². The van der Waals surface area contributed by atoms with E-state index in [0.29, 0.717) is 6.61 Å². The Bertz CT molecular complexity index is 1800.